The number of hydrogen-bond acceptors (Lipinski definition) is 3. The van der Waals surface area contributed by atoms with Gasteiger partial charge >= 0.3 is 0 Å². The molecule has 0 aliphatic heterocycles. The van der Waals surface area contributed by atoms with Gasteiger partial charge in [0.05, 0.1) is 23.5 Å². The number of unbranched alkanes of at least 4 members (excludes halogenated alkanes) is 1. The van der Waals surface area contributed by atoms with E-state index in [0.29, 0.717) is 6.54 Å². The van der Waals surface area contributed by atoms with Crippen LogP contribution in [0.5, 0.6) is 0 Å². The molecule has 0 aliphatic rings. The van der Waals surface area contributed by atoms with Crippen LogP contribution >= 0.6 is 0 Å². The van der Waals surface area contributed by atoms with Crippen LogP contribution in [0.15, 0.2) is 102 Å². The number of sulfonamides is 1. The Morgan fingerprint density at radius 3 is 2.14 bits per heavy atom. The van der Waals surface area contributed by atoms with Crippen LogP contribution in [0.25, 0.3) is 0 Å². The second kappa shape index (κ2) is 11.6. The number of rotatable bonds is 11. The van der Waals surface area contributed by atoms with E-state index in [2.05, 4.69) is 40.1 Å². The molecule has 0 aliphatic carbocycles. The highest BCUT2D eigenvalue weighted by molar-refractivity contribution is 7.89. The first-order chi connectivity index (χ1) is 17.4. The molecule has 188 valence electrons. The van der Waals surface area contributed by atoms with E-state index in [9.17, 15) is 8.42 Å². The lowest BCUT2D eigenvalue weighted by atomic mass is 9.95. The molecule has 4 rings (SSSR count). The Morgan fingerprint density at radius 2 is 1.53 bits per heavy atom. The molecule has 2 atom stereocenters. The predicted octanol–water partition coefficient (Wildman–Crippen LogP) is 4.65. The van der Waals surface area contributed by atoms with Crippen LogP contribution in [0.2, 0.25) is 0 Å². The summed E-state index contributed by atoms with van der Waals surface area (Å²) in [5.74, 6) is 1.18. The van der Waals surface area contributed by atoms with E-state index in [-0.39, 0.29) is 4.90 Å². The second-order valence-corrected chi connectivity index (χ2v) is 10.8. The fourth-order valence-corrected chi connectivity index (χ4v) is 5.60. The van der Waals surface area contributed by atoms with Crippen LogP contribution in [0.4, 0.5) is 0 Å². The Kier molecular flexibility index (Phi) is 8.36. The summed E-state index contributed by atoms with van der Waals surface area (Å²) in [5, 5.41) is 0. The molecule has 6 nitrogen and oxygen atoms in total. The summed E-state index contributed by atoms with van der Waals surface area (Å²) in [6.07, 6.45) is 6.48. The van der Waals surface area contributed by atoms with Gasteiger partial charge < -0.3 is 5.73 Å². The van der Waals surface area contributed by atoms with Gasteiger partial charge in [-0.3, -0.25) is 0 Å². The van der Waals surface area contributed by atoms with Crippen molar-refractivity contribution in [3.63, 3.8) is 0 Å². The Morgan fingerprint density at radius 1 is 0.917 bits per heavy atom. The minimum atomic E-state index is -3.81. The van der Waals surface area contributed by atoms with Gasteiger partial charge in [-0.05, 0) is 35.2 Å². The minimum Gasteiger partial charge on any atom is -0.322 e. The van der Waals surface area contributed by atoms with Crippen molar-refractivity contribution >= 4 is 10.0 Å². The molecule has 0 saturated heterocycles. The summed E-state index contributed by atoms with van der Waals surface area (Å²) in [6.45, 7) is 5.99. The van der Waals surface area contributed by atoms with Crippen molar-refractivity contribution in [1.29, 1.82) is 0 Å². The summed E-state index contributed by atoms with van der Waals surface area (Å²) in [5.41, 5.74) is 9.30. The molecule has 4 aromatic rings. The van der Waals surface area contributed by atoms with Gasteiger partial charge in [0.1, 0.15) is 18.9 Å². The summed E-state index contributed by atoms with van der Waals surface area (Å²) in [4.78, 5) is 0.217. The van der Waals surface area contributed by atoms with Crippen molar-refractivity contribution in [2.45, 2.75) is 56.8 Å². The van der Waals surface area contributed by atoms with E-state index in [1.165, 1.54) is 5.82 Å². The Balaban J connectivity index is 1.53. The smallest absolute Gasteiger partial charge is 0.253 e. The molecule has 7 heteroatoms. The zero-order valence-corrected chi connectivity index (χ0v) is 21.7. The first-order valence-corrected chi connectivity index (χ1v) is 13.9. The van der Waals surface area contributed by atoms with Crippen molar-refractivity contribution in [2.75, 3.05) is 0 Å². The molecule has 3 aromatic carbocycles. The van der Waals surface area contributed by atoms with Crippen molar-refractivity contribution in [3.8, 4) is 0 Å². The Bertz CT molecular complexity index is 1350. The van der Waals surface area contributed by atoms with Gasteiger partial charge in [-0.25, -0.2) is 22.3 Å². The summed E-state index contributed by atoms with van der Waals surface area (Å²) < 4.78 is 34.1. The Hall–Kier alpha value is -3.26. The van der Waals surface area contributed by atoms with Gasteiger partial charge in [-0.1, -0.05) is 86.1 Å². The van der Waals surface area contributed by atoms with E-state index in [1.807, 2.05) is 72.8 Å². The van der Waals surface area contributed by atoms with Gasteiger partial charge in [-0.2, -0.15) is 0 Å². The third-order valence-corrected chi connectivity index (χ3v) is 8.04. The lowest BCUT2D eigenvalue weighted by Crippen LogP contribution is -2.36. The number of benzene rings is 3. The highest BCUT2D eigenvalue weighted by atomic mass is 32.2. The quantitative estimate of drug-likeness (QED) is 0.292. The molecule has 3 N–H and O–H groups in total. The average Bonchev–Trinajstić information content (AvgIpc) is 3.25. The van der Waals surface area contributed by atoms with E-state index < -0.39 is 22.1 Å². The monoisotopic (exact) mass is 503 g/mol. The average molecular weight is 504 g/mol. The van der Waals surface area contributed by atoms with Crippen molar-refractivity contribution in [3.05, 3.63) is 120 Å². The largest absolute Gasteiger partial charge is 0.322 e. The van der Waals surface area contributed by atoms with Crippen molar-refractivity contribution < 1.29 is 13.0 Å². The molecule has 1 aromatic heterocycles. The van der Waals surface area contributed by atoms with Crippen LogP contribution in [-0.2, 0) is 23.1 Å². The molecule has 0 amide bonds. The topological polar surface area (TPSA) is 81.0 Å². The van der Waals surface area contributed by atoms with Crippen LogP contribution in [0, 0.1) is 6.92 Å². The molecule has 0 spiro atoms. The fraction of sp³-hybridized carbons (Fsp3) is 0.276. The highest BCUT2D eigenvalue weighted by Gasteiger charge is 2.27. The zero-order chi connectivity index (χ0) is 25.5. The van der Waals surface area contributed by atoms with E-state index in [1.54, 1.807) is 12.1 Å². The summed E-state index contributed by atoms with van der Waals surface area (Å²) >= 11 is 0. The third kappa shape index (κ3) is 6.10. The maximum Gasteiger partial charge on any atom is 0.253 e. The maximum absolute atomic E-state index is 13.4. The fourth-order valence-electron chi connectivity index (χ4n) is 4.36. The number of hydrogen-bond donors (Lipinski definition) is 2. The summed E-state index contributed by atoms with van der Waals surface area (Å²) in [6, 6.07) is 24.9. The number of aromatic nitrogens is 2. The van der Waals surface area contributed by atoms with Gasteiger partial charge in [0.15, 0.2) is 0 Å². The number of imidazole rings is 1. The number of nitrogens with zero attached hydrogens (tertiary/aromatic N) is 2. The summed E-state index contributed by atoms with van der Waals surface area (Å²) in [7, 11) is -3.81. The molecule has 0 radical (unpaired) electrons. The molecular weight excluding hydrogens is 468 g/mol. The van der Waals surface area contributed by atoms with Crippen LogP contribution < -0.4 is 15.0 Å². The standard InChI is InChI=1S/C29H35N4O2S/c1-3-4-19-32-20-21-33(23(32)2)22-24-15-17-27(18-16-24)36(34,35)31-29(26-13-9-6-10-14-26)28(30)25-11-7-5-8-12-25/h5-18,20-21,28-29,31H,3-4,19,22,30H2,1-2H3/q+1/t28-,29-/m0/s1. The van der Waals surface area contributed by atoms with Crippen molar-refractivity contribution in [2.24, 2.45) is 5.73 Å². The predicted molar refractivity (Wildman–Crippen MR) is 143 cm³/mol. The van der Waals surface area contributed by atoms with Crippen LogP contribution in [-0.4, -0.2) is 13.0 Å². The molecule has 0 fully saturated rings. The minimum absolute atomic E-state index is 0.217. The lowest BCUT2D eigenvalue weighted by Gasteiger charge is -2.26. The van der Waals surface area contributed by atoms with Gasteiger partial charge in [-0.15, -0.1) is 0 Å². The third-order valence-electron chi connectivity index (χ3n) is 6.58. The lowest BCUT2D eigenvalue weighted by molar-refractivity contribution is -0.694. The first-order valence-electron chi connectivity index (χ1n) is 12.4. The number of nitrogens with two attached hydrogens (primary N) is 1. The number of aryl methyl sites for hydroxylation is 1. The normalized spacial score (nSPS) is 13.4. The van der Waals surface area contributed by atoms with E-state index >= 15 is 0 Å². The van der Waals surface area contributed by atoms with Gasteiger partial charge in [0.2, 0.25) is 10.0 Å². The zero-order valence-electron chi connectivity index (χ0n) is 20.9. The second-order valence-electron chi connectivity index (χ2n) is 9.11. The van der Waals surface area contributed by atoms with Gasteiger partial charge in [0, 0.05) is 6.92 Å². The molecule has 36 heavy (non-hydrogen) atoms. The molecule has 0 bridgehead atoms. The number of nitrogens with one attached hydrogen (secondary N) is 1. The molecular formula is C29H35N4O2S+. The Labute approximate surface area is 214 Å². The molecule has 0 unspecified atom stereocenters. The highest BCUT2D eigenvalue weighted by Crippen LogP contribution is 2.28. The van der Waals surface area contributed by atoms with Crippen LogP contribution in [0.3, 0.4) is 0 Å². The first kappa shape index (κ1) is 25.8. The van der Waals surface area contributed by atoms with E-state index in [4.69, 9.17) is 5.73 Å². The SMILES string of the molecule is CCCCn1cc[n+](Cc2ccc(S(=O)(=O)N[C@@H](c3ccccc3)[C@@H](N)c3ccccc3)cc2)c1C. The molecule has 1 heterocycles. The van der Waals surface area contributed by atoms with Crippen LogP contribution in [0.1, 0.15) is 54.4 Å². The van der Waals surface area contributed by atoms with Crippen molar-refractivity contribution in [1.82, 2.24) is 9.29 Å². The maximum atomic E-state index is 13.4. The van der Waals surface area contributed by atoms with E-state index in [0.717, 1.165) is 36.1 Å². The molecule has 0 saturated carbocycles. The van der Waals surface area contributed by atoms with Gasteiger partial charge in [0.25, 0.3) is 5.82 Å².